The predicted octanol–water partition coefficient (Wildman–Crippen LogP) is 0.447. The van der Waals surface area contributed by atoms with Crippen LogP contribution in [0, 0.1) is 0 Å². The summed E-state index contributed by atoms with van der Waals surface area (Å²) in [5.74, 6) is 0.257. The Balaban J connectivity index is 1.84. The summed E-state index contributed by atoms with van der Waals surface area (Å²) in [6.07, 6.45) is 1.71. The van der Waals surface area contributed by atoms with Gasteiger partial charge in [-0.05, 0) is 17.7 Å². The van der Waals surface area contributed by atoms with Crippen molar-refractivity contribution in [1.82, 2.24) is 15.3 Å². The van der Waals surface area contributed by atoms with Crippen LogP contribution in [-0.4, -0.2) is 41.7 Å². The summed E-state index contributed by atoms with van der Waals surface area (Å²) in [5, 5.41) is 5.92. The van der Waals surface area contributed by atoms with Crippen molar-refractivity contribution < 1.29 is 9.53 Å². The van der Waals surface area contributed by atoms with E-state index in [1.165, 1.54) is 6.20 Å². The first-order chi connectivity index (χ1) is 8.24. The molecule has 1 amide bonds. The molecule has 0 saturated carbocycles. The first-order valence-electron chi connectivity index (χ1n) is 5.35. The molecule has 1 aromatic heterocycles. The first kappa shape index (κ1) is 12.2. The molecule has 17 heavy (non-hydrogen) atoms. The van der Waals surface area contributed by atoms with Crippen LogP contribution < -0.4 is 10.6 Å². The van der Waals surface area contributed by atoms with Gasteiger partial charge in [0.1, 0.15) is 5.82 Å². The van der Waals surface area contributed by atoms with Crippen LogP contribution in [0.3, 0.4) is 0 Å². The number of rotatable bonds is 3. The van der Waals surface area contributed by atoms with Gasteiger partial charge in [0.2, 0.25) is 11.2 Å². The fraction of sp³-hybridized carbons (Fsp3) is 0.500. The van der Waals surface area contributed by atoms with E-state index in [0.29, 0.717) is 25.4 Å². The number of carbonyl (C=O) groups is 1. The molecule has 0 spiro atoms. The molecule has 0 radical (unpaired) electrons. The summed E-state index contributed by atoms with van der Waals surface area (Å²) < 4.78 is 5.43. The number of hydrogen-bond donors (Lipinski definition) is 2. The van der Waals surface area contributed by atoms with E-state index in [-0.39, 0.29) is 17.3 Å². The number of ether oxygens (including phenoxy) is 1. The van der Waals surface area contributed by atoms with Crippen LogP contribution in [-0.2, 0) is 9.53 Å². The maximum absolute atomic E-state index is 11.7. The number of aromatic nitrogens is 2. The van der Waals surface area contributed by atoms with E-state index in [1.54, 1.807) is 6.07 Å². The summed E-state index contributed by atoms with van der Waals surface area (Å²) in [6.45, 7) is 2.16. The second kappa shape index (κ2) is 5.90. The number of morpholine rings is 1. The fourth-order valence-corrected chi connectivity index (χ4v) is 1.70. The largest absolute Gasteiger partial charge is 0.375 e. The Hall–Kier alpha value is -1.24. The Morgan fingerprint density at radius 2 is 2.59 bits per heavy atom. The molecule has 7 heteroatoms. The maximum atomic E-state index is 11.7. The highest BCUT2D eigenvalue weighted by Crippen LogP contribution is 2.08. The zero-order chi connectivity index (χ0) is 12.1. The van der Waals surface area contributed by atoms with Gasteiger partial charge in [0.25, 0.3) is 0 Å². The quantitative estimate of drug-likeness (QED) is 0.768. The molecule has 0 bridgehead atoms. The van der Waals surface area contributed by atoms with Crippen molar-refractivity contribution in [3.8, 4) is 0 Å². The number of carbonyl (C=O) groups excluding carboxylic acids is 1. The normalized spacial score (nSPS) is 19.9. The van der Waals surface area contributed by atoms with Gasteiger partial charge in [0.15, 0.2) is 0 Å². The number of halogens is 1. The molecule has 0 aliphatic carbocycles. The maximum Gasteiger partial charge on any atom is 0.228 e. The van der Waals surface area contributed by atoms with Crippen LogP contribution in [0.5, 0.6) is 0 Å². The molecule has 1 aromatic rings. The zero-order valence-electron chi connectivity index (χ0n) is 9.15. The van der Waals surface area contributed by atoms with E-state index in [1.807, 2.05) is 0 Å². The molecule has 1 fully saturated rings. The molecule has 1 aliphatic heterocycles. The first-order valence-corrected chi connectivity index (χ1v) is 5.72. The van der Waals surface area contributed by atoms with Gasteiger partial charge in [0.05, 0.1) is 19.1 Å². The third kappa shape index (κ3) is 3.92. The molecular formula is C10H13ClN4O2. The van der Waals surface area contributed by atoms with E-state index >= 15 is 0 Å². The van der Waals surface area contributed by atoms with Gasteiger partial charge in [-0.2, -0.15) is 0 Å². The van der Waals surface area contributed by atoms with Crippen LogP contribution >= 0.6 is 11.6 Å². The van der Waals surface area contributed by atoms with E-state index < -0.39 is 0 Å². The standard InChI is InChI=1S/C10H13ClN4O2/c11-10-13-2-1-8(15-10)14-9(16)5-7-6-12-3-4-17-7/h1-2,7,12H,3-6H2,(H,13,14,15,16). The highest BCUT2D eigenvalue weighted by molar-refractivity contribution is 6.28. The van der Waals surface area contributed by atoms with Crippen LogP contribution in [0.1, 0.15) is 6.42 Å². The Bertz CT molecular complexity index is 396. The van der Waals surface area contributed by atoms with Crippen LogP contribution in [0.2, 0.25) is 5.28 Å². The molecule has 2 N–H and O–H groups in total. The lowest BCUT2D eigenvalue weighted by molar-refractivity contribution is -0.119. The average Bonchev–Trinajstić information content (AvgIpc) is 2.30. The number of nitrogens with zero attached hydrogens (tertiary/aromatic N) is 2. The Labute approximate surface area is 104 Å². The molecular weight excluding hydrogens is 244 g/mol. The van der Waals surface area contributed by atoms with Gasteiger partial charge < -0.3 is 15.4 Å². The second-order valence-corrected chi connectivity index (χ2v) is 4.00. The third-order valence-electron chi connectivity index (χ3n) is 2.31. The summed E-state index contributed by atoms with van der Waals surface area (Å²) >= 11 is 5.61. The monoisotopic (exact) mass is 256 g/mol. The zero-order valence-corrected chi connectivity index (χ0v) is 9.91. The molecule has 1 atom stereocenters. The lowest BCUT2D eigenvalue weighted by atomic mass is 10.2. The van der Waals surface area contributed by atoms with E-state index in [9.17, 15) is 4.79 Å². The Morgan fingerprint density at radius 1 is 1.71 bits per heavy atom. The molecule has 1 unspecified atom stereocenters. The van der Waals surface area contributed by atoms with E-state index in [2.05, 4.69) is 20.6 Å². The Morgan fingerprint density at radius 3 is 3.29 bits per heavy atom. The van der Waals surface area contributed by atoms with Gasteiger partial charge in [-0.15, -0.1) is 0 Å². The summed E-state index contributed by atoms with van der Waals surface area (Å²) in [5.41, 5.74) is 0. The van der Waals surface area contributed by atoms with Crippen molar-refractivity contribution in [2.45, 2.75) is 12.5 Å². The number of amides is 1. The number of anilines is 1. The third-order valence-corrected chi connectivity index (χ3v) is 2.49. The topological polar surface area (TPSA) is 76.1 Å². The summed E-state index contributed by atoms with van der Waals surface area (Å²) in [7, 11) is 0. The van der Waals surface area contributed by atoms with Gasteiger partial charge >= 0.3 is 0 Å². The summed E-state index contributed by atoms with van der Waals surface area (Å²) in [6, 6.07) is 1.59. The van der Waals surface area contributed by atoms with Crippen molar-refractivity contribution in [1.29, 1.82) is 0 Å². The molecule has 2 rings (SSSR count). The smallest absolute Gasteiger partial charge is 0.228 e. The number of nitrogens with one attached hydrogen (secondary N) is 2. The predicted molar refractivity (Wildman–Crippen MR) is 62.9 cm³/mol. The molecule has 1 saturated heterocycles. The van der Waals surface area contributed by atoms with Crippen LogP contribution in [0.15, 0.2) is 12.3 Å². The highest BCUT2D eigenvalue weighted by atomic mass is 35.5. The lowest BCUT2D eigenvalue weighted by Crippen LogP contribution is -2.40. The Kier molecular flexibility index (Phi) is 4.24. The summed E-state index contributed by atoms with van der Waals surface area (Å²) in [4.78, 5) is 19.3. The minimum atomic E-state index is -0.145. The van der Waals surface area contributed by atoms with Gasteiger partial charge in [0, 0.05) is 19.3 Å². The second-order valence-electron chi connectivity index (χ2n) is 3.66. The van der Waals surface area contributed by atoms with Crippen molar-refractivity contribution in [2.24, 2.45) is 0 Å². The molecule has 6 nitrogen and oxygen atoms in total. The van der Waals surface area contributed by atoms with Crippen molar-refractivity contribution in [3.63, 3.8) is 0 Å². The minimum absolute atomic E-state index is 0.0824. The van der Waals surface area contributed by atoms with Gasteiger partial charge in [-0.3, -0.25) is 4.79 Å². The van der Waals surface area contributed by atoms with Crippen LogP contribution in [0.4, 0.5) is 5.82 Å². The molecule has 2 heterocycles. The minimum Gasteiger partial charge on any atom is -0.375 e. The fourth-order valence-electron chi connectivity index (χ4n) is 1.56. The van der Waals surface area contributed by atoms with E-state index in [4.69, 9.17) is 16.3 Å². The van der Waals surface area contributed by atoms with Crippen molar-refractivity contribution in [2.75, 3.05) is 25.0 Å². The van der Waals surface area contributed by atoms with Gasteiger partial charge in [-0.25, -0.2) is 9.97 Å². The number of hydrogen-bond acceptors (Lipinski definition) is 5. The van der Waals surface area contributed by atoms with Crippen molar-refractivity contribution in [3.05, 3.63) is 17.5 Å². The lowest BCUT2D eigenvalue weighted by Gasteiger charge is -2.22. The molecule has 1 aliphatic rings. The highest BCUT2D eigenvalue weighted by Gasteiger charge is 2.17. The SMILES string of the molecule is O=C(CC1CNCCO1)Nc1ccnc(Cl)n1. The van der Waals surface area contributed by atoms with E-state index in [0.717, 1.165) is 6.54 Å². The van der Waals surface area contributed by atoms with Crippen LogP contribution in [0.25, 0.3) is 0 Å². The molecule has 92 valence electrons. The van der Waals surface area contributed by atoms with Crippen molar-refractivity contribution >= 4 is 23.3 Å². The molecule has 0 aromatic carbocycles. The van der Waals surface area contributed by atoms with Gasteiger partial charge in [-0.1, -0.05) is 0 Å². The average molecular weight is 257 g/mol.